The molecule has 0 aliphatic carbocycles. The standard InChI is InChI=1S/C24H29ClN8S/c1-16-28-21(15-33(16)22-6-5-17(11-20(22)25)14-31(2)3)23-18(12-26)13-27-24(30-23)29-19-7-9-32(34-4)10-8-19/h5-6,11,13,15,19H,7-10,14H2,1-4H3,(H,27,29,30). The molecule has 3 aromatic rings. The van der Waals surface area contributed by atoms with Crippen molar-refractivity contribution in [3.05, 3.63) is 52.6 Å². The maximum Gasteiger partial charge on any atom is 0.223 e. The molecular formula is C24H29ClN8S. The molecule has 0 spiro atoms. The molecule has 0 atom stereocenters. The molecule has 1 saturated heterocycles. The number of nitrogens with zero attached hydrogens (tertiary/aromatic N) is 7. The van der Waals surface area contributed by atoms with Crippen molar-refractivity contribution in [1.82, 2.24) is 28.7 Å². The minimum atomic E-state index is 0.308. The molecule has 8 nitrogen and oxygen atoms in total. The predicted octanol–water partition coefficient (Wildman–Crippen LogP) is 4.38. The number of aromatic nitrogens is 4. The molecule has 1 N–H and O–H groups in total. The van der Waals surface area contributed by atoms with E-state index in [-0.39, 0.29) is 0 Å². The van der Waals surface area contributed by atoms with Crippen molar-refractivity contribution in [2.24, 2.45) is 0 Å². The quantitative estimate of drug-likeness (QED) is 0.482. The van der Waals surface area contributed by atoms with Crippen LogP contribution in [0.4, 0.5) is 5.95 Å². The van der Waals surface area contributed by atoms with Crippen molar-refractivity contribution in [2.75, 3.05) is 38.8 Å². The van der Waals surface area contributed by atoms with Crippen LogP contribution in [0.5, 0.6) is 0 Å². The van der Waals surface area contributed by atoms with Crippen LogP contribution in [0.1, 0.15) is 29.8 Å². The molecule has 0 amide bonds. The molecule has 0 radical (unpaired) electrons. The Morgan fingerprint density at radius 3 is 2.68 bits per heavy atom. The van der Waals surface area contributed by atoms with Crippen molar-refractivity contribution >= 4 is 29.5 Å². The molecule has 10 heteroatoms. The normalized spacial score (nSPS) is 15.0. The summed E-state index contributed by atoms with van der Waals surface area (Å²) >= 11 is 8.41. The third-order valence-corrected chi connectivity index (χ3v) is 7.03. The van der Waals surface area contributed by atoms with Crippen LogP contribution in [0.3, 0.4) is 0 Å². The smallest absolute Gasteiger partial charge is 0.223 e. The lowest BCUT2D eigenvalue weighted by atomic mass is 10.1. The van der Waals surface area contributed by atoms with Crippen LogP contribution < -0.4 is 5.32 Å². The Balaban J connectivity index is 1.61. The molecule has 1 aliphatic heterocycles. The molecule has 3 heterocycles. The SMILES string of the molecule is CSN1CCC(Nc2ncc(C#N)c(-c3cn(-c4ccc(CN(C)C)cc4Cl)c(C)n3)n2)CC1. The molecule has 0 unspecified atom stereocenters. The molecule has 178 valence electrons. The Bertz CT molecular complexity index is 1190. The maximum atomic E-state index is 9.67. The van der Waals surface area contributed by atoms with Crippen LogP contribution in [-0.2, 0) is 6.54 Å². The second-order valence-corrected chi connectivity index (χ2v) is 9.95. The van der Waals surface area contributed by atoms with E-state index in [1.807, 2.05) is 43.9 Å². The Kier molecular flexibility index (Phi) is 7.73. The fourth-order valence-electron chi connectivity index (χ4n) is 4.13. The number of benzene rings is 1. The first-order valence-corrected chi connectivity index (χ1v) is 12.8. The topological polar surface area (TPSA) is 85.9 Å². The van der Waals surface area contributed by atoms with Gasteiger partial charge in [-0.25, -0.2) is 15.0 Å². The zero-order chi connectivity index (χ0) is 24.2. The van der Waals surface area contributed by atoms with E-state index in [0.29, 0.717) is 34.0 Å². The van der Waals surface area contributed by atoms with E-state index in [4.69, 9.17) is 16.6 Å². The van der Waals surface area contributed by atoms with Gasteiger partial charge in [-0.3, -0.25) is 4.31 Å². The average Bonchev–Trinajstić information content (AvgIpc) is 3.20. The van der Waals surface area contributed by atoms with Gasteiger partial charge in [0, 0.05) is 31.9 Å². The first kappa shape index (κ1) is 24.5. The van der Waals surface area contributed by atoms with Crippen molar-refractivity contribution < 1.29 is 0 Å². The number of aryl methyl sites for hydroxylation is 1. The van der Waals surface area contributed by atoms with Gasteiger partial charge in [-0.1, -0.05) is 29.6 Å². The number of nitrogens with one attached hydrogen (secondary N) is 1. The van der Waals surface area contributed by atoms with E-state index in [1.54, 1.807) is 18.1 Å². The van der Waals surface area contributed by atoms with Crippen molar-refractivity contribution in [3.63, 3.8) is 0 Å². The summed E-state index contributed by atoms with van der Waals surface area (Å²) < 4.78 is 4.29. The fourth-order valence-corrected chi connectivity index (χ4v) is 5.00. The van der Waals surface area contributed by atoms with Gasteiger partial charge in [0.05, 0.1) is 22.5 Å². The first-order chi connectivity index (χ1) is 16.4. The second kappa shape index (κ2) is 10.7. The van der Waals surface area contributed by atoms with E-state index in [2.05, 4.69) is 42.9 Å². The molecule has 0 saturated carbocycles. The Morgan fingerprint density at radius 2 is 2.03 bits per heavy atom. The highest BCUT2D eigenvalue weighted by molar-refractivity contribution is 7.96. The summed E-state index contributed by atoms with van der Waals surface area (Å²) in [6, 6.07) is 8.55. The van der Waals surface area contributed by atoms with Gasteiger partial charge in [-0.15, -0.1) is 0 Å². The van der Waals surface area contributed by atoms with E-state index < -0.39 is 0 Å². The summed E-state index contributed by atoms with van der Waals surface area (Å²) in [5.41, 5.74) is 3.50. The third-order valence-electron chi connectivity index (χ3n) is 5.85. The molecular weight excluding hydrogens is 468 g/mol. The molecule has 1 fully saturated rings. The number of hydrogen-bond donors (Lipinski definition) is 1. The van der Waals surface area contributed by atoms with Crippen LogP contribution in [-0.4, -0.2) is 68.2 Å². The van der Waals surface area contributed by atoms with Gasteiger partial charge in [0.15, 0.2) is 0 Å². The molecule has 2 aromatic heterocycles. The van der Waals surface area contributed by atoms with E-state index in [1.165, 1.54) is 0 Å². The molecule has 0 bridgehead atoms. The highest BCUT2D eigenvalue weighted by Crippen LogP contribution is 2.28. The summed E-state index contributed by atoms with van der Waals surface area (Å²) in [6.45, 7) is 4.78. The lowest BCUT2D eigenvalue weighted by molar-refractivity contribution is 0.358. The Morgan fingerprint density at radius 1 is 1.26 bits per heavy atom. The largest absolute Gasteiger partial charge is 0.351 e. The van der Waals surface area contributed by atoms with Crippen LogP contribution >= 0.6 is 23.5 Å². The number of hydrogen-bond acceptors (Lipinski definition) is 8. The van der Waals surface area contributed by atoms with Crippen LogP contribution in [0.15, 0.2) is 30.6 Å². The lowest BCUT2D eigenvalue weighted by Gasteiger charge is -2.30. The zero-order valence-electron chi connectivity index (χ0n) is 19.9. The summed E-state index contributed by atoms with van der Waals surface area (Å²) in [6.07, 6.45) is 7.60. The third kappa shape index (κ3) is 5.53. The zero-order valence-corrected chi connectivity index (χ0v) is 21.5. The van der Waals surface area contributed by atoms with Crippen LogP contribution in [0.25, 0.3) is 17.1 Å². The molecule has 4 rings (SSSR count). The first-order valence-electron chi connectivity index (χ1n) is 11.2. The van der Waals surface area contributed by atoms with Crippen LogP contribution in [0.2, 0.25) is 5.02 Å². The molecule has 34 heavy (non-hydrogen) atoms. The number of nitriles is 1. The van der Waals surface area contributed by atoms with E-state index >= 15 is 0 Å². The van der Waals surface area contributed by atoms with Gasteiger partial charge in [0.2, 0.25) is 5.95 Å². The number of anilines is 1. The predicted molar refractivity (Wildman–Crippen MR) is 138 cm³/mol. The molecule has 1 aromatic carbocycles. The molecule has 1 aliphatic rings. The van der Waals surface area contributed by atoms with Gasteiger partial charge in [0.25, 0.3) is 0 Å². The number of halogens is 1. The number of rotatable bonds is 7. The van der Waals surface area contributed by atoms with Gasteiger partial charge < -0.3 is 14.8 Å². The fraction of sp³-hybridized carbons (Fsp3) is 0.417. The minimum Gasteiger partial charge on any atom is -0.351 e. The van der Waals surface area contributed by atoms with Gasteiger partial charge in [-0.05, 0) is 57.8 Å². The van der Waals surface area contributed by atoms with E-state index in [9.17, 15) is 5.26 Å². The minimum absolute atomic E-state index is 0.308. The highest BCUT2D eigenvalue weighted by atomic mass is 35.5. The van der Waals surface area contributed by atoms with Gasteiger partial charge in [-0.2, -0.15) is 5.26 Å². The van der Waals surface area contributed by atoms with Crippen molar-refractivity contribution in [1.29, 1.82) is 5.26 Å². The van der Waals surface area contributed by atoms with Crippen molar-refractivity contribution in [2.45, 2.75) is 32.4 Å². The lowest BCUT2D eigenvalue weighted by Crippen LogP contribution is -2.35. The summed E-state index contributed by atoms with van der Waals surface area (Å²) in [5.74, 6) is 1.29. The van der Waals surface area contributed by atoms with E-state index in [0.717, 1.165) is 49.6 Å². The average molecular weight is 497 g/mol. The van der Waals surface area contributed by atoms with Gasteiger partial charge >= 0.3 is 0 Å². The highest BCUT2D eigenvalue weighted by Gasteiger charge is 2.21. The summed E-state index contributed by atoms with van der Waals surface area (Å²) in [5, 5.41) is 13.8. The maximum absolute atomic E-state index is 9.67. The second-order valence-electron chi connectivity index (χ2n) is 8.66. The van der Waals surface area contributed by atoms with Crippen molar-refractivity contribution in [3.8, 4) is 23.1 Å². The monoisotopic (exact) mass is 496 g/mol. The summed E-state index contributed by atoms with van der Waals surface area (Å²) in [7, 11) is 4.05. The van der Waals surface area contributed by atoms with Crippen LogP contribution in [0, 0.1) is 18.3 Å². The Hall–Kier alpha value is -2.64. The summed E-state index contributed by atoms with van der Waals surface area (Å²) in [4.78, 5) is 15.9. The Labute approximate surface area is 210 Å². The van der Waals surface area contributed by atoms with Gasteiger partial charge in [0.1, 0.15) is 23.3 Å². The number of piperidine rings is 1. The number of imidazole rings is 1.